The zero-order chi connectivity index (χ0) is 15.8. The maximum Gasteiger partial charge on any atom is 0.414 e. The molecule has 23 heavy (non-hydrogen) atoms. The van der Waals surface area contributed by atoms with Crippen molar-refractivity contribution in [1.82, 2.24) is 14.9 Å². The molecule has 4 rings (SSSR count). The van der Waals surface area contributed by atoms with E-state index in [1.807, 2.05) is 29.0 Å². The fourth-order valence-corrected chi connectivity index (χ4v) is 2.81. The zero-order valence-corrected chi connectivity index (χ0v) is 12.1. The molecule has 3 heterocycles. The first kappa shape index (κ1) is 13.6. The first-order chi connectivity index (χ1) is 11.3. The second-order valence-corrected chi connectivity index (χ2v) is 5.30. The summed E-state index contributed by atoms with van der Waals surface area (Å²) in [5.74, 6) is 1.53. The Hall–Kier alpha value is -3.03. The van der Waals surface area contributed by atoms with Crippen molar-refractivity contribution in [3.05, 3.63) is 36.4 Å². The molecule has 1 saturated heterocycles. The number of cyclic esters (lactones) is 1. The standard InChI is InChI=1S/C15H14N4O4/c20-9-16-6-11-7-19(15(21)23-11)10-1-2-12-13(5-10)22-8-14-17-3-4-18(12)14/h1-5,9,11H,6-8H2,(H,16,20)/t11-/m0/s1. The van der Waals surface area contributed by atoms with Gasteiger partial charge in [0.1, 0.15) is 18.5 Å². The van der Waals surface area contributed by atoms with Crippen molar-refractivity contribution in [2.45, 2.75) is 12.7 Å². The second-order valence-electron chi connectivity index (χ2n) is 5.30. The first-order valence-electron chi connectivity index (χ1n) is 7.21. The molecule has 2 amide bonds. The molecule has 8 nitrogen and oxygen atoms in total. The minimum absolute atomic E-state index is 0.297. The quantitative estimate of drug-likeness (QED) is 0.845. The summed E-state index contributed by atoms with van der Waals surface area (Å²) < 4.78 is 12.9. The molecule has 0 bridgehead atoms. The van der Waals surface area contributed by atoms with E-state index in [4.69, 9.17) is 9.47 Å². The van der Waals surface area contributed by atoms with Crippen LogP contribution in [-0.4, -0.2) is 41.2 Å². The summed E-state index contributed by atoms with van der Waals surface area (Å²) in [5.41, 5.74) is 1.59. The highest BCUT2D eigenvalue weighted by molar-refractivity contribution is 5.90. The summed E-state index contributed by atoms with van der Waals surface area (Å²) in [7, 11) is 0. The van der Waals surface area contributed by atoms with Gasteiger partial charge in [-0.15, -0.1) is 0 Å². The monoisotopic (exact) mass is 314 g/mol. The average molecular weight is 314 g/mol. The summed E-state index contributed by atoms with van der Waals surface area (Å²) in [6, 6.07) is 5.54. The van der Waals surface area contributed by atoms with E-state index in [-0.39, 0.29) is 6.10 Å². The van der Waals surface area contributed by atoms with Crippen LogP contribution in [0.4, 0.5) is 10.5 Å². The summed E-state index contributed by atoms with van der Waals surface area (Å²) in [5, 5.41) is 2.52. The highest BCUT2D eigenvalue weighted by Gasteiger charge is 2.33. The van der Waals surface area contributed by atoms with Gasteiger partial charge in [0.25, 0.3) is 0 Å². The van der Waals surface area contributed by atoms with Crippen LogP contribution >= 0.6 is 0 Å². The molecule has 0 radical (unpaired) electrons. The predicted molar refractivity (Wildman–Crippen MR) is 79.6 cm³/mol. The Balaban J connectivity index is 1.60. The summed E-state index contributed by atoms with van der Waals surface area (Å²) >= 11 is 0. The number of carbonyl (C=O) groups excluding carboxylic acids is 2. The Morgan fingerprint density at radius 3 is 3.22 bits per heavy atom. The van der Waals surface area contributed by atoms with Gasteiger partial charge in [-0.1, -0.05) is 0 Å². The van der Waals surface area contributed by atoms with Crippen LogP contribution in [-0.2, 0) is 16.1 Å². The average Bonchev–Trinajstić information content (AvgIpc) is 3.18. The number of benzene rings is 1. The van der Waals surface area contributed by atoms with Gasteiger partial charge in [0.2, 0.25) is 6.41 Å². The van der Waals surface area contributed by atoms with Crippen LogP contribution in [0.15, 0.2) is 30.6 Å². The van der Waals surface area contributed by atoms with Crippen LogP contribution in [0.2, 0.25) is 0 Å². The molecular formula is C15H14N4O4. The van der Waals surface area contributed by atoms with E-state index in [9.17, 15) is 9.59 Å². The molecule has 0 unspecified atom stereocenters. The fourth-order valence-electron chi connectivity index (χ4n) is 2.81. The summed E-state index contributed by atoms with van der Waals surface area (Å²) in [6.45, 7) is 1.07. The number of anilines is 1. The maximum atomic E-state index is 12.0. The van der Waals surface area contributed by atoms with E-state index >= 15 is 0 Å². The van der Waals surface area contributed by atoms with Crippen molar-refractivity contribution >= 4 is 18.2 Å². The van der Waals surface area contributed by atoms with Gasteiger partial charge in [0, 0.05) is 18.5 Å². The van der Waals surface area contributed by atoms with E-state index in [1.54, 1.807) is 6.20 Å². The van der Waals surface area contributed by atoms with E-state index in [1.165, 1.54) is 4.90 Å². The maximum absolute atomic E-state index is 12.0. The van der Waals surface area contributed by atoms with E-state index in [2.05, 4.69) is 10.3 Å². The third kappa shape index (κ3) is 2.28. The highest BCUT2D eigenvalue weighted by Crippen LogP contribution is 2.34. The normalized spacial score (nSPS) is 18.7. The number of ether oxygens (including phenoxy) is 2. The Kier molecular flexibility index (Phi) is 3.14. The number of hydrogen-bond acceptors (Lipinski definition) is 5. The first-order valence-corrected chi connectivity index (χ1v) is 7.21. The fraction of sp³-hybridized carbons (Fsp3) is 0.267. The van der Waals surface area contributed by atoms with E-state index < -0.39 is 6.09 Å². The molecule has 1 atom stereocenters. The van der Waals surface area contributed by atoms with Crippen LogP contribution in [0.25, 0.3) is 5.69 Å². The molecule has 1 aromatic heterocycles. The lowest BCUT2D eigenvalue weighted by Crippen LogP contribution is -2.30. The number of hydrogen-bond donors (Lipinski definition) is 1. The molecule has 1 fully saturated rings. The van der Waals surface area contributed by atoms with E-state index in [0.717, 1.165) is 11.5 Å². The van der Waals surface area contributed by atoms with Crippen molar-refractivity contribution < 1.29 is 19.1 Å². The lowest BCUT2D eigenvalue weighted by atomic mass is 10.2. The second kappa shape index (κ2) is 5.31. The minimum atomic E-state index is -0.429. The van der Waals surface area contributed by atoms with Crippen molar-refractivity contribution in [2.24, 2.45) is 0 Å². The molecule has 118 valence electrons. The van der Waals surface area contributed by atoms with Gasteiger partial charge < -0.3 is 14.8 Å². The summed E-state index contributed by atoms with van der Waals surface area (Å²) in [6.07, 6.45) is 3.41. The van der Waals surface area contributed by atoms with Gasteiger partial charge in [0.15, 0.2) is 5.82 Å². The minimum Gasteiger partial charge on any atom is -0.483 e. The molecule has 8 heteroatoms. The zero-order valence-electron chi connectivity index (χ0n) is 12.1. The Labute approximate surface area is 131 Å². The topological polar surface area (TPSA) is 85.7 Å². The Morgan fingerprint density at radius 1 is 1.43 bits per heavy atom. The molecule has 1 N–H and O–H groups in total. The van der Waals surface area contributed by atoms with Crippen LogP contribution in [0.3, 0.4) is 0 Å². The van der Waals surface area contributed by atoms with Crippen LogP contribution < -0.4 is 15.0 Å². The van der Waals surface area contributed by atoms with Crippen molar-refractivity contribution in [3.8, 4) is 11.4 Å². The lowest BCUT2D eigenvalue weighted by molar-refractivity contribution is -0.109. The van der Waals surface area contributed by atoms with Gasteiger partial charge in [-0.05, 0) is 12.1 Å². The number of amides is 2. The molecule has 0 aliphatic carbocycles. The molecule has 0 spiro atoms. The molecule has 0 saturated carbocycles. The third-order valence-corrected chi connectivity index (χ3v) is 3.89. The van der Waals surface area contributed by atoms with Crippen LogP contribution in [0, 0.1) is 0 Å². The number of nitrogens with zero attached hydrogens (tertiary/aromatic N) is 3. The van der Waals surface area contributed by atoms with Gasteiger partial charge in [0.05, 0.1) is 24.5 Å². The van der Waals surface area contributed by atoms with Gasteiger partial charge in [-0.3, -0.25) is 14.3 Å². The number of fused-ring (bicyclic) bond motifs is 3. The van der Waals surface area contributed by atoms with Crippen molar-refractivity contribution in [2.75, 3.05) is 18.0 Å². The molecule has 2 aliphatic heterocycles. The van der Waals surface area contributed by atoms with Gasteiger partial charge >= 0.3 is 6.09 Å². The largest absolute Gasteiger partial charge is 0.483 e. The Morgan fingerprint density at radius 2 is 2.35 bits per heavy atom. The van der Waals surface area contributed by atoms with Gasteiger partial charge in [-0.25, -0.2) is 9.78 Å². The van der Waals surface area contributed by atoms with Gasteiger partial charge in [-0.2, -0.15) is 0 Å². The van der Waals surface area contributed by atoms with Crippen molar-refractivity contribution in [1.29, 1.82) is 0 Å². The molecule has 2 aromatic rings. The Bertz CT molecular complexity index is 773. The predicted octanol–water partition coefficient (Wildman–Crippen LogP) is 0.836. The number of aromatic nitrogens is 2. The van der Waals surface area contributed by atoms with Crippen LogP contribution in [0.5, 0.6) is 5.75 Å². The summed E-state index contributed by atoms with van der Waals surface area (Å²) in [4.78, 5) is 28.1. The number of rotatable bonds is 4. The molecular weight excluding hydrogens is 300 g/mol. The number of imidazole rings is 1. The smallest absolute Gasteiger partial charge is 0.414 e. The van der Waals surface area contributed by atoms with Crippen LogP contribution in [0.1, 0.15) is 5.82 Å². The number of carbonyl (C=O) groups is 2. The third-order valence-electron chi connectivity index (χ3n) is 3.89. The van der Waals surface area contributed by atoms with Crippen molar-refractivity contribution in [3.63, 3.8) is 0 Å². The number of nitrogens with one attached hydrogen (secondary N) is 1. The van der Waals surface area contributed by atoms with E-state index in [0.29, 0.717) is 37.5 Å². The SMILES string of the molecule is O=CNC[C@H]1CN(c2ccc3c(c2)OCc2nccn2-3)C(=O)O1. The molecule has 1 aromatic carbocycles. The highest BCUT2D eigenvalue weighted by atomic mass is 16.6. The lowest BCUT2D eigenvalue weighted by Gasteiger charge is -2.21. The molecule has 2 aliphatic rings.